The zero-order valence-electron chi connectivity index (χ0n) is 16.6. The van der Waals surface area contributed by atoms with Gasteiger partial charge in [-0.1, -0.05) is 18.0 Å². The van der Waals surface area contributed by atoms with Gasteiger partial charge in [0.2, 0.25) is 0 Å². The van der Waals surface area contributed by atoms with Gasteiger partial charge in [-0.2, -0.15) is 8.42 Å². The molecule has 0 unspecified atom stereocenters. The lowest BCUT2D eigenvalue weighted by atomic mass is 10.1. The molecule has 6 nitrogen and oxygen atoms in total. The number of fused-ring (bicyclic) bond motifs is 3. The number of amidine groups is 1. The van der Waals surface area contributed by atoms with Crippen LogP contribution in [0.15, 0.2) is 21.4 Å². The van der Waals surface area contributed by atoms with Gasteiger partial charge >= 0.3 is 0 Å². The molecule has 156 valence electrons. The van der Waals surface area contributed by atoms with Gasteiger partial charge in [-0.15, -0.1) is 4.40 Å². The van der Waals surface area contributed by atoms with Crippen LogP contribution in [0.25, 0.3) is 0 Å². The van der Waals surface area contributed by atoms with Gasteiger partial charge in [0.05, 0.1) is 16.3 Å². The molecule has 2 heterocycles. The highest BCUT2D eigenvalue weighted by Crippen LogP contribution is 2.42. The summed E-state index contributed by atoms with van der Waals surface area (Å²) in [6.45, 7) is 2.82. The van der Waals surface area contributed by atoms with Crippen LogP contribution in [-0.4, -0.2) is 43.7 Å². The number of carbonyl (C=O) groups excluding carboxylic acids is 1. The molecule has 3 fully saturated rings. The number of anilines is 1. The summed E-state index contributed by atoms with van der Waals surface area (Å²) in [7, 11) is -3.84. The van der Waals surface area contributed by atoms with Crippen molar-refractivity contribution in [2.45, 2.75) is 75.3 Å². The first-order chi connectivity index (χ1) is 13.9. The van der Waals surface area contributed by atoms with Crippen molar-refractivity contribution in [1.29, 1.82) is 0 Å². The Labute approximate surface area is 177 Å². The van der Waals surface area contributed by atoms with Crippen LogP contribution >= 0.6 is 11.6 Å². The summed E-state index contributed by atoms with van der Waals surface area (Å²) >= 11 is 6.58. The Bertz CT molecular complexity index is 999. The Balaban J connectivity index is 1.56. The highest BCUT2D eigenvalue weighted by atomic mass is 35.5. The molecule has 1 saturated heterocycles. The van der Waals surface area contributed by atoms with Gasteiger partial charge in [0.15, 0.2) is 0 Å². The normalized spacial score (nSPS) is 24.1. The molecule has 1 amide bonds. The third kappa shape index (κ3) is 3.46. The highest BCUT2D eigenvalue weighted by Gasteiger charge is 2.43. The third-order valence-corrected chi connectivity index (χ3v) is 8.23. The lowest BCUT2D eigenvalue weighted by Crippen LogP contribution is -2.42. The van der Waals surface area contributed by atoms with Crippen LogP contribution in [-0.2, 0) is 10.0 Å². The predicted molar refractivity (Wildman–Crippen MR) is 113 cm³/mol. The molecule has 0 spiro atoms. The summed E-state index contributed by atoms with van der Waals surface area (Å²) in [5.41, 5.74) is 0.841. The second-order valence-electron chi connectivity index (χ2n) is 8.77. The van der Waals surface area contributed by atoms with Crippen molar-refractivity contribution in [3.05, 3.63) is 22.7 Å². The Morgan fingerprint density at radius 2 is 1.97 bits per heavy atom. The van der Waals surface area contributed by atoms with Crippen LogP contribution in [0, 0.1) is 5.92 Å². The summed E-state index contributed by atoms with van der Waals surface area (Å²) in [5, 5.41) is 0.322. The number of rotatable bonds is 4. The molecule has 2 aliphatic heterocycles. The molecular weight excluding hydrogens is 410 g/mol. The van der Waals surface area contributed by atoms with E-state index in [4.69, 9.17) is 11.6 Å². The average Bonchev–Trinajstić information content (AvgIpc) is 3.55. The molecule has 4 aliphatic rings. The second-order valence-corrected chi connectivity index (χ2v) is 10.7. The number of nitrogens with zero attached hydrogens (tertiary/aromatic N) is 3. The number of sulfonamides is 1. The van der Waals surface area contributed by atoms with E-state index in [0.717, 1.165) is 51.5 Å². The third-order valence-electron chi connectivity index (χ3n) is 6.58. The Morgan fingerprint density at radius 3 is 2.66 bits per heavy atom. The fraction of sp³-hybridized carbons (Fsp3) is 0.619. The van der Waals surface area contributed by atoms with E-state index in [0.29, 0.717) is 28.9 Å². The van der Waals surface area contributed by atoms with Gasteiger partial charge in [0.25, 0.3) is 15.9 Å². The predicted octanol–water partition coefficient (Wildman–Crippen LogP) is 4.22. The first-order valence-electron chi connectivity index (χ1n) is 10.6. The van der Waals surface area contributed by atoms with E-state index in [2.05, 4.69) is 11.3 Å². The lowest BCUT2D eigenvalue weighted by Gasteiger charge is -2.32. The van der Waals surface area contributed by atoms with Gasteiger partial charge in [-0.25, -0.2) is 0 Å². The van der Waals surface area contributed by atoms with E-state index in [1.54, 1.807) is 6.07 Å². The van der Waals surface area contributed by atoms with Crippen molar-refractivity contribution in [2.24, 2.45) is 10.3 Å². The van der Waals surface area contributed by atoms with E-state index in [-0.39, 0.29) is 28.4 Å². The molecule has 0 aromatic heterocycles. The molecule has 5 rings (SSSR count). The van der Waals surface area contributed by atoms with E-state index < -0.39 is 10.0 Å². The molecule has 0 radical (unpaired) electrons. The minimum atomic E-state index is -3.84. The fourth-order valence-electron chi connectivity index (χ4n) is 4.64. The van der Waals surface area contributed by atoms with Crippen molar-refractivity contribution in [3.63, 3.8) is 0 Å². The molecule has 1 aromatic rings. The summed E-state index contributed by atoms with van der Waals surface area (Å²) in [6, 6.07) is 3.54. The van der Waals surface area contributed by atoms with Gasteiger partial charge in [-0.05, 0) is 63.5 Å². The van der Waals surface area contributed by atoms with Crippen molar-refractivity contribution >= 4 is 39.1 Å². The van der Waals surface area contributed by atoms with Crippen molar-refractivity contribution < 1.29 is 13.2 Å². The SMILES string of the molecule is C[C@@H](C1CC1)N(C(=O)c1cc2c(cc1Cl)N1CCCCCC1=NS2(=O)=O)C1CC1. The minimum absolute atomic E-state index is 0.103. The summed E-state index contributed by atoms with van der Waals surface area (Å²) in [4.78, 5) is 17.5. The molecule has 0 bridgehead atoms. The Hall–Kier alpha value is -1.60. The molecule has 2 aliphatic carbocycles. The quantitative estimate of drug-likeness (QED) is 0.709. The summed E-state index contributed by atoms with van der Waals surface area (Å²) in [6.07, 6.45) is 7.91. The first kappa shape index (κ1) is 19.4. The maximum atomic E-state index is 13.5. The number of benzene rings is 1. The zero-order chi connectivity index (χ0) is 20.3. The van der Waals surface area contributed by atoms with Crippen LogP contribution in [0.2, 0.25) is 5.02 Å². The van der Waals surface area contributed by atoms with E-state index >= 15 is 0 Å². The standard InChI is InChI=1S/C21H26ClN3O3S/c1-13(14-6-7-14)25(15-8-9-15)21(26)16-11-19-18(12-17(16)22)24-10-4-2-3-5-20(24)23-29(19,27)28/h11-15H,2-10H2,1H3/t13-/m0/s1. The topological polar surface area (TPSA) is 70.1 Å². The van der Waals surface area contributed by atoms with Gasteiger partial charge in [-0.3, -0.25) is 4.79 Å². The fourth-order valence-corrected chi connectivity index (χ4v) is 6.15. The zero-order valence-corrected chi connectivity index (χ0v) is 18.2. The smallest absolute Gasteiger partial charge is 0.286 e. The van der Waals surface area contributed by atoms with Crippen molar-refractivity contribution in [1.82, 2.24) is 4.90 Å². The van der Waals surface area contributed by atoms with E-state index in [9.17, 15) is 13.2 Å². The largest absolute Gasteiger partial charge is 0.333 e. The number of hydrogen-bond donors (Lipinski definition) is 0. The Morgan fingerprint density at radius 1 is 1.21 bits per heavy atom. The van der Waals surface area contributed by atoms with E-state index in [1.807, 2.05) is 9.80 Å². The molecule has 8 heteroatoms. The van der Waals surface area contributed by atoms with Gasteiger partial charge in [0.1, 0.15) is 10.7 Å². The Kier molecular flexibility index (Phi) is 4.66. The first-order valence-corrected chi connectivity index (χ1v) is 12.5. The minimum Gasteiger partial charge on any atom is -0.333 e. The second kappa shape index (κ2) is 6.98. The molecule has 1 atom stereocenters. The number of hydrogen-bond acceptors (Lipinski definition) is 4. The monoisotopic (exact) mass is 435 g/mol. The van der Waals surface area contributed by atoms with Crippen LogP contribution < -0.4 is 4.90 Å². The van der Waals surface area contributed by atoms with Gasteiger partial charge in [0, 0.05) is 25.0 Å². The number of halogens is 1. The molecule has 1 aromatic carbocycles. The molecule has 0 N–H and O–H groups in total. The van der Waals surface area contributed by atoms with E-state index in [1.165, 1.54) is 6.07 Å². The molecule has 29 heavy (non-hydrogen) atoms. The number of carbonyl (C=O) groups is 1. The molecular formula is C21H26ClN3O3S. The number of amides is 1. The highest BCUT2D eigenvalue weighted by molar-refractivity contribution is 7.90. The van der Waals surface area contributed by atoms with Crippen molar-refractivity contribution in [2.75, 3.05) is 11.4 Å². The van der Waals surface area contributed by atoms with Crippen LogP contribution in [0.1, 0.15) is 68.6 Å². The lowest BCUT2D eigenvalue weighted by molar-refractivity contribution is 0.0654. The maximum Gasteiger partial charge on any atom is 0.286 e. The van der Waals surface area contributed by atoms with Crippen LogP contribution in [0.5, 0.6) is 0 Å². The maximum absolute atomic E-state index is 13.5. The van der Waals surface area contributed by atoms with Crippen LogP contribution in [0.3, 0.4) is 0 Å². The van der Waals surface area contributed by atoms with Crippen molar-refractivity contribution in [3.8, 4) is 0 Å². The van der Waals surface area contributed by atoms with Gasteiger partial charge < -0.3 is 9.80 Å². The molecule has 2 saturated carbocycles. The summed E-state index contributed by atoms with van der Waals surface area (Å²) < 4.78 is 29.9. The summed E-state index contributed by atoms with van der Waals surface area (Å²) in [5.74, 6) is 0.983. The average molecular weight is 436 g/mol. The van der Waals surface area contributed by atoms with Crippen LogP contribution in [0.4, 0.5) is 5.69 Å².